The number of ether oxygens (including phenoxy) is 1. The smallest absolute Gasteiger partial charge is 0.364 e. The molecular weight excluding hydrogens is 250 g/mol. The molecule has 0 heterocycles. The Labute approximate surface area is 112 Å². The summed E-state index contributed by atoms with van der Waals surface area (Å²) in [5, 5.41) is 2.36. The molecule has 0 fully saturated rings. The summed E-state index contributed by atoms with van der Waals surface area (Å²) in [6, 6.07) is 13.9. The van der Waals surface area contributed by atoms with Crippen molar-refractivity contribution in [1.82, 2.24) is 0 Å². The summed E-state index contributed by atoms with van der Waals surface area (Å²) in [4.78, 5) is 11.4. The maximum absolute atomic E-state index is 11.4. The normalized spacial score (nSPS) is 11.7. The zero-order valence-corrected chi connectivity index (χ0v) is 11.0. The van der Waals surface area contributed by atoms with Crippen molar-refractivity contribution in [3.05, 3.63) is 48.0 Å². The monoisotopic (exact) mass is 265 g/mol. The van der Waals surface area contributed by atoms with E-state index >= 15 is 0 Å². The summed E-state index contributed by atoms with van der Waals surface area (Å²) in [6.45, 7) is 0. The maximum Gasteiger partial charge on any atom is 0.364 e. The third kappa shape index (κ3) is 3.00. The highest BCUT2D eigenvalue weighted by atomic mass is 35.5. The number of carbonyl (C=O) groups excluding carboxylic acids is 1. The van der Waals surface area contributed by atoms with Crippen molar-refractivity contribution in [3.63, 3.8) is 0 Å². The number of rotatable bonds is 3. The molecule has 0 amide bonds. The molecule has 0 radical (unpaired) electrons. The summed E-state index contributed by atoms with van der Waals surface area (Å²) >= 11 is 0. The number of esters is 1. The first-order valence-corrected chi connectivity index (χ1v) is 5.60. The van der Waals surface area contributed by atoms with Gasteiger partial charge in [0.15, 0.2) is 6.04 Å². The van der Waals surface area contributed by atoms with Crippen LogP contribution in [-0.4, -0.2) is 19.1 Å². The zero-order chi connectivity index (χ0) is 12.3. The Morgan fingerprint density at radius 2 is 1.89 bits per heavy atom. The van der Waals surface area contributed by atoms with Crippen LogP contribution in [0.2, 0.25) is 0 Å². The molecule has 0 aliphatic carbocycles. The van der Waals surface area contributed by atoms with Crippen LogP contribution in [0.5, 0.6) is 0 Å². The van der Waals surface area contributed by atoms with Crippen LogP contribution in [0, 0.1) is 0 Å². The minimum absolute atomic E-state index is 0. The van der Waals surface area contributed by atoms with Gasteiger partial charge < -0.3 is 22.9 Å². The number of halogens is 1. The third-order valence-electron chi connectivity index (χ3n) is 2.88. The molecular formula is C14H16ClNO2. The van der Waals surface area contributed by atoms with Crippen LogP contribution in [0.1, 0.15) is 5.56 Å². The molecule has 1 atom stereocenters. The number of methoxy groups -OCH3 is 1. The van der Waals surface area contributed by atoms with E-state index in [0.717, 1.165) is 5.56 Å². The average molecular weight is 266 g/mol. The molecule has 0 spiro atoms. The summed E-state index contributed by atoms with van der Waals surface area (Å²) in [6.07, 6.45) is 0.605. The maximum atomic E-state index is 11.4. The van der Waals surface area contributed by atoms with E-state index in [1.54, 1.807) is 0 Å². The second-order valence-electron chi connectivity index (χ2n) is 4.06. The van der Waals surface area contributed by atoms with E-state index in [4.69, 9.17) is 4.74 Å². The molecule has 0 aliphatic rings. The number of benzene rings is 2. The van der Waals surface area contributed by atoms with Gasteiger partial charge in [-0.1, -0.05) is 42.5 Å². The van der Waals surface area contributed by atoms with Crippen LogP contribution < -0.4 is 18.1 Å². The molecule has 0 bridgehead atoms. The third-order valence-corrected chi connectivity index (χ3v) is 2.88. The first kappa shape index (κ1) is 14.5. The second-order valence-corrected chi connectivity index (χ2v) is 4.06. The Hall–Kier alpha value is -1.58. The average Bonchev–Trinajstić information content (AvgIpc) is 2.38. The van der Waals surface area contributed by atoms with Crippen molar-refractivity contribution < 1.29 is 27.7 Å². The van der Waals surface area contributed by atoms with Gasteiger partial charge in [0.2, 0.25) is 0 Å². The van der Waals surface area contributed by atoms with Gasteiger partial charge in [-0.2, -0.15) is 0 Å². The van der Waals surface area contributed by atoms with Gasteiger partial charge in [0.05, 0.1) is 7.11 Å². The molecule has 18 heavy (non-hydrogen) atoms. The van der Waals surface area contributed by atoms with E-state index in [0.29, 0.717) is 6.42 Å². The largest absolute Gasteiger partial charge is 1.00 e. The second kappa shape index (κ2) is 6.38. The molecule has 0 unspecified atom stereocenters. The van der Waals surface area contributed by atoms with E-state index < -0.39 is 0 Å². The quantitative estimate of drug-likeness (QED) is 0.664. The van der Waals surface area contributed by atoms with E-state index in [1.165, 1.54) is 17.9 Å². The fourth-order valence-corrected chi connectivity index (χ4v) is 1.99. The van der Waals surface area contributed by atoms with Crippen LogP contribution in [0.4, 0.5) is 0 Å². The fraction of sp³-hybridized carbons (Fsp3) is 0.214. The number of quaternary nitrogens is 1. The lowest BCUT2D eigenvalue weighted by Gasteiger charge is -2.09. The van der Waals surface area contributed by atoms with Crippen LogP contribution in [0.25, 0.3) is 10.8 Å². The zero-order valence-electron chi connectivity index (χ0n) is 10.2. The topological polar surface area (TPSA) is 53.9 Å². The lowest BCUT2D eigenvalue weighted by molar-refractivity contribution is -0.407. The van der Waals surface area contributed by atoms with E-state index in [-0.39, 0.29) is 24.4 Å². The van der Waals surface area contributed by atoms with Crippen molar-refractivity contribution in [3.8, 4) is 0 Å². The Morgan fingerprint density at radius 3 is 2.61 bits per heavy atom. The predicted octanol–water partition coefficient (Wildman–Crippen LogP) is -1.83. The van der Waals surface area contributed by atoms with Crippen molar-refractivity contribution in [1.29, 1.82) is 0 Å². The molecule has 0 aromatic heterocycles. The molecule has 2 aromatic rings. The van der Waals surface area contributed by atoms with E-state index in [9.17, 15) is 4.79 Å². The van der Waals surface area contributed by atoms with E-state index in [2.05, 4.69) is 23.9 Å². The SMILES string of the molecule is COC(=O)[C@H]([NH3+])Cc1cccc2ccccc12.[Cl-]. The fourth-order valence-electron chi connectivity index (χ4n) is 1.99. The molecule has 3 N–H and O–H groups in total. The Balaban J connectivity index is 0.00000162. The van der Waals surface area contributed by atoms with Crippen LogP contribution >= 0.6 is 0 Å². The van der Waals surface area contributed by atoms with Crippen LogP contribution in [0.15, 0.2) is 42.5 Å². The lowest BCUT2D eigenvalue weighted by atomic mass is 9.99. The standard InChI is InChI=1S/C14H15NO2.ClH/c1-17-14(16)13(15)9-11-7-4-6-10-5-2-3-8-12(10)11;/h2-8,13H,9,15H2,1H3;1H/t13-;/m1./s1. The number of fused-ring (bicyclic) bond motifs is 1. The van der Waals surface area contributed by atoms with Gasteiger partial charge in [0.25, 0.3) is 0 Å². The first-order valence-electron chi connectivity index (χ1n) is 5.60. The molecule has 96 valence electrons. The summed E-state index contributed by atoms with van der Waals surface area (Å²) < 4.78 is 4.69. The number of carbonyl (C=O) groups is 1. The van der Waals surface area contributed by atoms with Crippen molar-refractivity contribution in [2.24, 2.45) is 0 Å². The van der Waals surface area contributed by atoms with Gasteiger partial charge in [-0.25, -0.2) is 4.79 Å². The Bertz CT molecular complexity index is 537. The van der Waals surface area contributed by atoms with Crippen molar-refractivity contribution in [2.75, 3.05) is 7.11 Å². The van der Waals surface area contributed by atoms with Gasteiger partial charge in [-0.05, 0) is 16.3 Å². The highest BCUT2D eigenvalue weighted by molar-refractivity contribution is 5.86. The summed E-state index contributed by atoms with van der Waals surface area (Å²) in [7, 11) is 1.39. The lowest BCUT2D eigenvalue weighted by Crippen LogP contribution is -3.00. The summed E-state index contributed by atoms with van der Waals surface area (Å²) in [5.74, 6) is -0.266. The minimum atomic E-state index is -0.356. The first-order chi connectivity index (χ1) is 8.22. The highest BCUT2D eigenvalue weighted by Crippen LogP contribution is 2.19. The molecule has 0 saturated heterocycles. The molecule has 0 saturated carbocycles. The van der Waals surface area contributed by atoms with Gasteiger partial charge in [-0.15, -0.1) is 0 Å². The Kier molecular flexibility index (Phi) is 5.13. The molecule has 3 nitrogen and oxygen atoms in total. The van der Waals surface area contributed by atoms with E-state index in [1.807, 2.05) is 24.3 Å². The predicted molar refractivity (Wildman–Crippen MR) is 66.3 cm³/mol. The van der Waals surface area contributed by atoms with Gasteiger partial charge in [0.1, 0.15) is 0 Å². The number of hydrogen-bond acceptors (Lipinski definition) is 2. The minimum Gasteiger partial charge on any atom is -1.00 e. The molecule has 0 aliphatic heterocycles. The van der Waals surface area contributed by atoms with Crippen molar-refractivity contribution >= 4 is 16.7 Å². The van der Waals surface area contributed by atoms with Crippen LogP contribution in [0.3, 0.4) is 0 Å². The highest BCUT2D eigenvalue weighted by Gasteiger charge is 2.18. The number of hydrogen-bond donors (Lipinski definition) is 1. The van der Waals surface area contributed by atoms with Crippen LogP contribution in [-0.2, 0) is 16.0 Å². The van der Waals surface area contributed by atoms with Gasteiger partial charge >= 0.3 is 5.97 Å². The summed E-state index contributed by atoms with van der Waals surface area (Å²) in [5.41, 5.74) is 4.97. The Morgan fingerprint density at radius 1 is 1.22 bits per heavy atom. The molecule has 4 heteroatoms. The molecule has 2 aromatic carbocycles. The molecule has 2 rings (SSSR count). The van der Waals surface area contributed by atoms with Gasteiger partial charge in [-0.3, -0.25) is 0 Å². The van der Waals surface area contributed by atoms with Crippen molar-refractivity contribution in [2.45, 2.75) is 12.5 Å². The van der Waals surface area contributed by atoms with Gasteiger partial charge in [0, 0.05) is 6.42 Å².